The average Bonchev–Trinajstić information content (AvgIpc) is 2.81. The van der Waals surface area contributed by atoms with Crippen LogP contribution < -0.4 is 0 Å². The Labute approximate surface area is 197 Å². The van der Waals surface area contributed by atoms with Crippen LogP contribution in [0.25, 0.3) is 0 Å². The highest BCUT2D eigenvalue weighted by molar-refractivity contribution is 4.99. The van der Waals surface area contributed by atoms with Crippen LogP contribution in [0.2, 0.25) is 0 Å². The molecule has 10 unspecified atom stereocenters. The van der Waals surface area contributed by atoms with Gasteiger partial charge in [0.1, 0.15) is 36.6 Å². The Morgan fingerprint density at radius 2 is 1.53 bits per heavy atom. The molecule has 2 aliphatic heterocycles. The molecule has 4 rings (SSSR count). The van der Waals surface area contributed by atoms with Crippen molar-refractivity contribution in [2.24, 2.45) is 11.8 Å². The molecular weight excluding hydrogens is 456 g/mol. The molecule has 2 aliphatic carbocycles. The van der Waals surface area contributed by atoms with Crippen molar-refractivity contribution < 1.29 is 59.8 Å². The van der Waals surface area contributed by atoms with Crippen molar-refractivity contribution in [1.29, 1.82) is 0 Å². The van der Waals surface area contributed by atoms with Gasteiger partial charge in [0.05, 0.1) is 36.9 Å². The Hall–Kier alpha value is -0.480. The summed E-state index contributed by atoms with van der Waals surface area (Å²) in [5.74, 6) is -0.567. The van der Waals surface area contributed by atoms with Crippen LogP contribution in [0.5, 0.6) is 0 Å². The van der Waals surface area contributed by atoms with E-state index in [1.807, 2.05) is 0 Å². The van der Waals surface area contributed by atoms with Crippen molar-refractivity contribution >= 4 is 0 Å². The number of hydrogen-bond acceptors (Lipinski definition) is 11. The zero-order valence-corrected chi connectivity index (χ0v) is 19.2. The van der Waals surface area contributed by atoms with Gasteiger partial charge in [-0.1, -0.05) is 0 Å². The lowest BCUT2D eigenvalue weighted by atomic mass is 9.72. The maximum Gasteiger partial charge on any atom is 0.187 e. The van der Waals surface area contributed by atoms with E-state index in [1.165, 1.54) is 7.11 Å². The number of aliphatic hydroxyl groups is 10. The number of methoxy groups -OCH3 is 1. The first-order valence-electron chi connectivity index (χ1n) is 12.1. The second-order valence-corrected chi connectivity index (χ2v) is 10.2. The van der Waals surface area contributed by atoms with E-state index in [4.69, 9.17) is 18.9 Å². The molecule has 0 aromatic heterocycles. The first kappa shape index (κ1) is 26.6. The van der Waals surface area contributed by atoms with E-state index in [0.717, 1.165) is 0 Å². The quantitative estimate of drug-likeness (QED) is 0.173. The standard InChI is InChI=1S/C22H38O12/c1-31-14-3-8(2-12(26)17(14)27)21-15(6-10-11(25)4-9(24)5-13(10)32-21)33-22-20(30)19(29)18(28)16(7-23)34-22/h8-30H,2-7H2,1H3/p+1/t8?,9?,10?,11?,12?,13?,14?,15?,16-,17?,18+,19+,20-,21?,22-/m1/s1. The Morgan fingerprint density at radius 3 is 2.21 bits per heavy atom. The summed E-state index contributed by atoms with van der Waals surface area (Å²) in [6.45, 7) is -0.590. The summed E-state index contributed by atoms with van der Waals surface area (Å²) in [6, 6.07) is 0. The normalized spacial score (nSPS) is 54.4. The van der Waals surface area contributed by atoms with E-state index in [9.17, 15) is 40.9 Å². The van der Waals surface area contributed by atoms with Crippen molar-refractivity contribution in [3.05, 3.63) is 0 Å². The monoisotopic (exact) mass is 495 g/mol. The van der Waals surface area contributed by atoms with Crippen LogP contribution in [-0.4, -0.2) is 139 Å². The predicted molar refractivity (Wildman–Crippen MR) is 113 cm³/mol. The maximum atomic E-state index is 10.6. The summed E-state index contributed by atoms with van der Waals surface area (Å²) in [5, 5.41) is 81.7. The highest BCUT2D eigenvalue weighted by Gasteiger charge is 2.55. The van der Waals surface area contributed by atoms with Gasteiger partial charge in [-0.15, -0.1) is 0 Å². The molecule has 0 spiro atoms. The minimum atomic E-state index is -1.59. The third-order valence-corrected chi connectivity index (χ3v) is 8.06. The van der Waals surface area contributed by atoms with Gasteiger partial charge in [0.25, 0.3) is 0 Å². The highest BCUT2D eigenvalue weighted by Crippen LogP contribution is 2.42. The van der Waals surface area contributed by atoms with Crippen LogP contribution in [0.15, 0.2) is 0 Å². The molecule has 12 nitrogen and oxygen atoms in total. The number of fused-ring (bicyclic) bond motifs is 1. The minimum Gasteiger partial charge on any atom is -0.427 e. The Kier molecular flexibility index (Phi) is 8.50. The van der Waals surface area contributed by atoms with E-state index >= 15 is 0 Å². The first-order valence-corrected chi connectivity index (χ1v) is 12.1. The summed E-state index contributed by atoms with van der Waals surface area (Å²) in [6.07, 6.45) is -11.4. The number of aliphatic hydroxyl groups excluding tert-OH is 8. The topological polar surface area (TPSA) is 202 Å². The van der Waals surface area contributed by atoms with Crippen LogP contribution in [-0.2, 0) is 14.2 Å². The summed E-state index contributed by atoms with van der Waals surface area (Å²) < 4.78 is 21.9. The molecule has 2 saturated heterocycles. The fourth-order valence-corrected chi connectivity index (χ4v) is 6.13. The van der Waals surface area contributed by atoms with E-state index in [-0.39, 0.29) is 30.8 Å². The minimum absolute atomic E-state index is 0.216. The van der Waals surface area contributed by atoms with Gasteiger partial charge in [-0.3, -0.25) is 0 Å². The zero-order valence-electron chi connectivity index (χ0n) is 19.2. The lowest BCUT2D eigenvalue weighted by molar-refractivity contribution is -0.357. The van der Waals surface area contributed by atoms with Crippen molar-refractivity contribution in [2.75, 3.05) is 13.7 Å². The molecule has 15 atom stereocenters. The Morgan fingerprint density at radius 1 is 0.794 bits per heavy atom. The van der Waals surface area contributed by atoms with Gasteiger partial charge in [0.15, 0.2) is 18.5 Å². The van der Waals surface area contributed by atoms with Gasteiger partial charge in [-0.05, 0) is 19.3 Å². The second kappa shape index (κ2) is 10.9. The Balaban J connectivity index is 1.57. The SMILES string of the molecule is COC1CC(C2[OH+]C3CC(O)CC(O)C3CC2O[C@@H]2O[C@H](CO)[C@H](O)[C@H](O)[C@H]2O)CC(O)C1O. The molecule has 2 heterocycles. The molecule has 198 valence electrons. The van der Waals surface area contributed by atoms with Gasteiger partial charge < -0.3 is 59.8 Å². The molecule has 12 heteroatoms. The third-order valence-electron chi connectivity index (χ3n) is 8.06. The third kappa shape index (κ3) is 5.15. The van der Waals surface area contributed by atoms with E-state index in [2.05, 4.69) is 0 Å². The maximum absolute atomic E-state index is 10.6. The van der Waals surface area contributed by atoms with E-state index in [0.29, 0.717) is 19.3 Å². The van der Waals surface area contributed by atoms with Gasteiger partial charge in [0.2, 0.25) is 0 Å². The summed E-state index contributed by atoms with van der Waals surface area (Å²) in [4.78, 5) is 0. The number of ether oxygens (including phenoxy) is 4. The summed E-state index contributed by atoms with van der Waals surface area (Å²) in [7, 11) is 1.45. The molecule has 0 radical (unpaired) electrons. The molecule has 9 N–H and O–H groups in total. The van der Waals surface area contributed by atoms with Gasteiger partial charge in [-0.2, -0.15) is 0 Å². The van der Waals surface area contributed by atoms with Crippen LogP contribution >= 0.6 is 0 Å². The van der Waals surface area contributed by atoms with Crippen molar-refractivity contribution in [3.8, 4) is 0 Å². The molecule has 4 fully saturated rings. The predicted octanol–water partition coefficient (Wildman–Crippen LogP) is -3.88. The number of hydrogen-bond donors (Lipinski definition) is 8. The Bertz CT molecular complexity index is 666. The first-order chi connectivity index (χ1) is 16.1. The molecule has 0 aromatic carbocycles. The molecule has 0 amide bonds. The van der Waals surface area contributed by atoms with Crippen LogP contribution in [0.3, 0.4) is 0 Å². The molecule has 2 saturated carbocycles. The highest BCUT2D eigenvalue weighted by atomic mass is 16.7. The van der Waals surface area contributed by atoms with Crippen LogP contribution in [0.4, 0.5) is 0 Å². The lowest BCUT2D eigenvalue weighted by Crippen LogP contribution is -2.63. The molecule has 4 aliphatic rings. The molecule has 0 aromatic rings. The number of rotatable bonds is 5. The van der Waals surface area contributed by atoms with Crippen LogP contribution in [0.1, 0.15) is 32.1 Å². The van der Waals surface area contributed by atoms with E-state index < -0.39 is 80.0 Å². The van der Waals surface area contributed by atoms with Crippen molar-refractivity contribution in [3.63, 3.8) is 0 Å². The summed E-state index contributed by atoms with van der Waals surface area (Å²) in [5.41, 5.74) is 0. The van der Waals surface area contributed by atoms with Gasteiger partial charge in [0, 0.05) is 25.9 Å². The fraction of sp³-hybridized carbons (Fsp3) is 1.00. The van der Waals surface area contributed by atoms with Crippen LogP contribution in [0, 0.1) is 11.8 Å². The molecule has 34 heavy (non-hydrogen) atoms. The van der Waals surface area contributed by atoms with Crippen molar-refractivity contribution in [2.45, 2.75) is 112 Å². The summed E-state index contributed by atoms with van der Waals surface area (Å²) >= 11 is 0. The smallest absolute Gasteiger partial charge is 0.187 e. The molecular formula is C22H39O12+. The second-order valence-electron chi connectivity index (χ2n) is 10.2. The van der Waals surface area contributed by atoms with E-state index in [1.54, 1.807) is 0 Å². The molecule has 0 bridgehead atoms. The fourth-order valence-electron chi connectivity index (χ4n) is 6.13. The average molecular weight is 496 g/mol. The zero-order chi connectivity index (χ0) is 24.7. The van der Waals surface area contributed by atoms with Gasteiger partial charge >= 0.3 is 0 Å². The van der Waals surface area contributed by atoms with Crippen molar-refractivity contribution in [1.82, 2.24) is 0 Å². The lowest BCUT2D eigenvalue weighted by Gasteiger charge is -2.49. The largest absolute Gasteiger partial charge is 0.427 e. The van der Waals surface area contributed by atoms with Gasteiger partial charge in [-0.25, -0.2) is 0 Å².